The van der Waals surface area contributed by atoms with Gasteiger partial charge in [0.2, 0.25) is 0 Å². The summed E-state index contributed by atoms with van der Waals surface area (Å²) in [5, 5.41) is 11.8. The number of rotatable bonds is 5. The molecular formula is C12H17N5O2. The number of benzene rings is 1. The van der Waals surface area contributed by atoms with E-state index in [1.165, 1.54) is 4.80 Å². The monoisotopic (exact) mass is 263 g/mol. The highest BCUT2D eigenvalue weighted by Gasteiger charge is 2.13. The van der Waals surface area contributed by atoms with E-state index in [1.807, 2.05) is 18.2 Å². The van der Waals surface area contributed by atoms with Crippen LogP contribution in [0.15, 0.2) is 18.2 Å². The first-order chi connectivity index (χ1) is 9.13. The summed E-state index contributed by atoms with van der Waals surface area (Å²) in [6, 6.07) is 5.38. The topological polar surface area (TPSA) is 88.1 Å². The number of ether oxygens (including phenoxy) is 2. The van der Waals surface area contributed by atoms with Gasteiger partial charge in [-0.25, -0.2) is 0 Å². The maximum atomic E-state index is 6.14. The van der Waals surface area contributed by atoms with Gasteiger partial charge >= 0.3 is 0 Å². The second-order valence-electron chi connectivity index (χ2n) is 4.12. The van der Waals surface area contributed by atoms with Crippen LogP contribution >= 0.6 is 0 Å². The molecule has 0 fully saturated rings. The normalized spacial score (nSPS) is 12.2. The summed E-state index contributed by atoms with van der Waals surface area (Å²) in [6.45, 7) is 0. The lowest BCUT2D eigenvalue weighted by Crippen LogP contribution is -2.14. The van der Waals surface area contributed by atoms with Crippen LogP contribution in [0.2, 0.25) is 0 Å². The van der Waals surface area contributed by atoms with Crippen LogP contribution in [-0.4, -0.2) is 34.4 Å². The van der Waals surface area contributed by atoms with Crippen molar-refractivity contribution >= 4 is 0 Å². The van der Waals surface area contributed by atoms with Crippen molar-refractivity contribution in [3.8, 4) is 11.5 Å². The minimum Gasteiger partial charge on any atom is -0.493 e. The molecule has 1 heterocycles. The van der Waals surface area contributed by atoms with Crippen LogP contribution in [0, 0.1) is 0 Å². The van der Waals surface area contributed by atoms with E-state index in [2.05, 4.69) is 15.4 Å². The van der Waals surface area contributed by atoms with Gasteiger partial charge in [0.25, 0.3) is 0 Å². The summed E-state index contributed by atoms with van der Waals surface area (Å²) < 4.78 is 10.4. The van der Waals surface area contributed by atoms with Gasteiger partial charge in [-0.1, -0.05) is 6.07 Å². The fourth-order valence-corrected chi connectivity index (χ4v) is 1.80. The zero-order chi connectivity index (χ0) is 13.8. The first-order valence-electron chi connectivity index (χ1n) is 5.84. The molecule has 0 radical (unpaired) electrons. The Hall–Kier alpha value is -2.15. The molecule has 0 aliphatic rings. The van der Waals surface area contributed by atoms with Crippen molar-refractivity contribution < 1.29 is 9.47 Å². The number of aryl methyl sites for hydroxylation is 1. The number of tetrazole rings is 1. The van der Waals surface area contributed by atoms with Crippen molar-refractivity contribution in [1.82, 2.24) is 20.2 Å². The Morgan fingerprint density at radius 3 is 2.58 bits per heavy atom. The maximum absolute atomic E-state index is 6.14. The van der Waals surface area contributed by atoms with Crippen molar-refractivity contribution in [3.05, 3.63) is 29.6 Å². The van der Waals surface area contributed by atoms with Crippen molar-refractivity contribution in [2.45, 2.75) is 12.5 Å². The van der Waals surface area contributed by atoms with E-state index in [9.17, 15) is 0 Å². The van der Waals surface area contributed by atoms with Gasteiger partial charge < -0.3 is 15.2 Å². The van der Waals surface area contributed by atoms with E-state index >= 15 is 0 Å². The largest absolute Gasteiger partial charge is 0.493 e. The Morgan fingerprint density at radius 2 is 2.00 bits per heavy atom. The van der Waals surface area contributed by atoms with Crippen LogP contribution in [0.5, 0.6) is 11.5 Å². The number of methoxy groups -OCH3 is 2. The Morgan fingerprint density at radius 1 is 1.26 bits per heavy atom. The highest BCUT2D eigenvalue weighted by atomic mass is 16.5. The molecule has 1 unspecified atom stereocenters. The summed E-state index contributed by atoms with van der Waals surface area (Å²) in [6.07, 6.45) is 0.517. The Balaban J connectivity index is 2.16. The molecule has 0 spiro atoms. The molecule has 1 atom stereocenters. The highest BCUT2D eigenvalue weighted by Crippen LogP contribution is 2.29. The molecule has 0 saturated heterocycles. The molecule has 0 bridgehead atoms. The van der Waals surface area contributed by atoms with Crippen LogP contribution < -0.4 is 15.2 Å². The van der Waals surface area contributed by atoms with Gasteiger partial charge in [-0.2, -0.15) is 4.80 Å². The highest BCUT2D eigenvalue weighted by molar-refractivity contribution is 5.43. The second-order valence-corrected chi connectivity index (χ2v) is 4.12. The molecule has 7 heteroatoms. The third-order valence-electron chi connectivity index (χ3n) is 2.79. The van der Waals surface area contributed by atoms with Gasteiger partial charge in [0.1, 0.15) is 0 Å². The van der Waals surface area contributed by atoms with E-state index in [0.29, 0.717) is 23.7 Å². The van der Waals surface area contributed by atoms with Crippen LogP contribution in [0.1, 0.15) is 17.4 Å². The first-order valence-corrected chi connectivity index (χ1v) is 5.84. The van der Waals surface area contributed by atoms with Crippen molar-refractivity contribution in [1.29, 1.82) is 0 Å². The van der Waals surface area contributed by atoms with Gasteiger partial charge in [-0.15, -0.1) is 10.2 Å². The van der Waals surface area contributed by atoms with Crippen LogP contribution in [0.25, 0.3) is 0 Å². The molecule has 2 aromatic rings. The third-order valence-corrected chi connectivity index (χ3v) is 2.79. The van der Waals surface area contributed by atoms with Crippen molar-refractivity contribution in [3.63, 3.8) is 0 Å². The lowest BCUT2D eigenvalue weighted by molar-refractivity contribution is 0.354. The summed E-state index contributed by atoms with van der Waals surface area (Å²) in [5.41, 5.74) is 7.07. The van der Waals surface area contributed by atoms with Gasteiger partial charge in [-0.05, 0) is 22.9 Å². The summed E-state index contributed by atoms with van der Waals surface area (Å²) in [4.78, 5) is 1.41. The molecule has 7 nitrogen and oxygen atoms in total. The predicted molar refractivity (Wildman–Crippen MR) is 69.0 cm³/mol. The van der Waals surface area contributed by atoms with Gasteiger partial charge in [0, 0.05) is 12.5 Å². The summed E-state index contributed by atoms with van der Waals surface area (Å²) in [5.74, 6) is 1.95. The summed E-state index contributed by atoms with van der Waals surface area (Å²) in [7, 11) is 4.91. The maximum Gasteiger partial charge on any atom is 0.176 e. The molecular weight excluding hydrogens is 246 g/mol. The van der Waals surface area contributed by atoms with Crippen LogP contribution in [-0.2, 0) is 13.5 Å². The minimum absolute atomic E-state index is 0.219. The average Bonchev–Trinajstić information content (AvgIpc) is 2.83. The zero-order valence-corrected chi connectivity index (χ0v) is 11.2. The first kappa shape index (κ1) is 13.3. The van der Waals surface area contributed by atoms with Gasteiger partial charge in [0.15, 0.2) is 17.3 Å². The Bertz CT molecular complexity index is 555. The minimum atomic E-state index is -0.219. The van der Waals surface area contributed by atoms with Crippen LogP contribution in [0.4, 0.5) is 0 Å². The zero-order valence-electron chi connectivity index (χ0n) is 11.2. The lowest BCUT2D eigenvalue weighted by Gasteiger charge is -2.13. The molecule has 1 aromatic carbocycles. The molecule has 2 N–H and O–H groups in total. The second kappa shape index (κ2) is 5.66. The Kier molecular flexibility index (Phi) is 3.96. The molecule has 0 saturated carbocycles. The summed E-state index contributed by atoms with van der Waals surface area (Å²) >= 11 is 0. The molecule has 0 aliphatic carbocycles. The molecule has 0 aliphatic heterocycles. The molecule has 0 amide bonds. The van der Waals surface area contributed by atoms with Crippen molar-refractivity contribution in [2.75, 3.05) is 14.2 Å². The lowest BCUT2D eigenvalue weighted by atomic mass is 10.0. The number of aromatic nitrogens is 4. The SMILES string of the molecule is COc1ccc(C(N)Cc2nnn(C)n2)cc1OC. The van der Waals surface area contributed by atoms with E-state index in [1.54, 1.807) is 21.3 Å². The number of nitrogens with zero attached hydrogens (tertiary/aromatic N) is 4. The molecule has 102 valence electrons. The fourth-order valence-electron chi connectivity index (χ4n) is 1.80. The number of nitrogens with two attached hydrogens (primary N) is 1. The number of hydrogen-bond acceptors (Lipinski definition) is 6. The number of hydrogen-bond donors (Lipinski definition) is 1. The van der Waals surface area contributed by atoms with E-state index in [0.717, 1.165) is 5.56 Å². The standard InChI is InChI=1S/C12H17N5O2/c1-17-15-12(14-16-17)7-9(13)8-4-5-10(18-2)11(6-8)19-3/h4-6,9H,7,13H2,1-3H3. The predicted octanol–water partition coefficient (Wildman–Crippen LogP) is 0.470. The smallest absolute Gasteiger partial charge is 0.176 e. The fraction of sp³-hybridized carbons (Fsp3) is 0.417. The molecule has 2 rings (SSSR count). The van der Waals surface area contributed by atoms with E-state index in [4.69, 9.17) is 15.2 Å². The molecule has 19 heavy (non-hydrogen) atoms. The van der Waals surface area contributed by atoms with E-state index in [-0.39, 0.29) is 6.04 Å². The van der Waals surface area contributed by atoms with E-state index < -0.39 is 0 Å². The molecule has 1 aromatic heterocycles. The van der Waals surface area contributed by atoms with Gasteiger partial charge in [0.05, 0.1) is 21.3 Å². The average molecular weight is 263 g/mol. The quantitative estimate of drug-likeness (QED) is 0.843. The van der Waals surface area contributed by atoms with Crippen LogP contribution in [0.3, 0.4) is 0 Å². The van der Waals surface area contributed by atoms with Gasteiger partial charge in [-0.3, -0.25) is 0 Å². The Labute approximate surface area is 111 Å². The third kappa shape index (κ3) is 3.00. The van der Waals surface area contributed by atoms with Crippen molar-refractivity contribution in [2.24, 2.45) is 12.8 Å².